The highest BCUT2D eigenvalue weighted by molar-refractivity contribution is 6.55. The van der Waals surface area contributed by atoms with Crippen molar-refractivity contribution in [2.45, 2.75) is 39.2 Å². The van der Waals surface area contributed by atoms with Crippen molar-refractivity contribution < 1.29 is 9.53 Å². The second-order valence-electron chi connectivity index (χ2n) is 6.17. The average Bonchev–Trinajstić information content (AvgIpc) is 3.04. The molecular formula is C20H25Cl2N3O2. The normalized spacial score (nSPS) is 10.5. The van der Waals surface area contributed by atoms with Crippen LogP contribution in [0.25, 0.3) is 0 Å². The fourth-order valence-corrected chi connectivity index (χ4v) is 2.80. The molecule has 1 heterocycles. The topological polar surface area (TPSA) is 56.1 Å². The Bertz CT molecular complexity index is 783. The van der Waals surface area contributed by atoms with Gasteiger partial charge in [-0.2, -0.15) is 5.10 Å². The van der Waals surface area contributed by atoms with Crippen LogP contribution in [0.5, 0.6) is 5.75 Å². The number of hydrogen-bond donors (Lipinski definition) is 1. The van der Waals surface area contributed by atoms with Crippen LogP contribution in [0.4, 0.5) is 0 Å². The van der Waals surface area contributed by atoms with Gasteiger partial charge in [-0.25, -0.2) is 0 Å². The second kappa shape index (κ2) is 11.0. The van der Waals surface area contributed by atoms with Crippen LogP contribution >= 0.6 is 23.2 Å². The molecule has 0 aliphatic rings. The van der Waals surface area contributed by atoms with Gasteiger partial charge in [0.25, 0.3) is 5.91 Å². The van der Waals surface area contributed by atoms with Gasteiger partial charge >= 0.3 is 0 Å². The van der Waals surface area contributed by atoms with E-state index in [0.29, 0.717) is 23.3 Å². The summed E-state index contributed by atoms with van der Waals surface area (Å²) in [4.78, 5) is 12.3. The predicted octanol–water partition coefficient (Wildman–Crippen LogP) is 4.78. The van der Waals surface area contributed by atoms with Gasteiger partial charge in [-0.3, -0.25) is 9.48 Å². The van der Waals surface area contributed by atoms with Crippen LogP contribution in [0.2, 0.25) is 0 Å². The highest BCUT2D eigenvalue weighted by Gasteiger charge is 2.12. The van der Waals surface area contributed by atoms with E-state index in [1.165, 1.54) is 0 Å². The molecule has 27 heavy (non-hydrogen) atoms. The van der Waals surface area contributed by atoms with Crippen molar-refractivity contribution in [2.75, 3.05) is 6.61 Å². The maximum Gasteiger partial charge on any atom is 0.269 e. The molecule has 2 rings (SSSR count). The van der Waals surface area contributed by atoms with E-state index >= 15 is 0 Å². The smallest absolute Gasteiger partial charge is 0.269 e. The number of benzene rings is 1. The van der Waals surface area contributed by atoms with Crippen molar-refractivity contribution in [3.05, 3.63) is 57.9 Å². The zero-order valence-corrected chi connectivity index (χ0v) is 17.2. The summed E-state index contributed by atoms with van der Waals surface area (Å²) in [5.74, 6) is 0.656. The molecule has 0 saturated heterocycles. The molecule has 5 nitrogen and oxygen atoms in total. The second-order valence-corrected chi connectivity index (χ2v) is 7.17. The lowest BCUT2D eigenvalue weighted by atomic mass is 10.2. The summed E-state index contributed by atoms with van der Waals surface area (Å²) < 4.78 is 7.69. The van der Waals surface area contributed by atoms with Gasteiger partial charge in [0, 0.05) is 13.6 Å². The molecule has 1 aromatic heterocycles. The number of hydrogen-bond acceptors (Lipinski definition) is 3. The van der Waals surface area contributed by atoms with Crippen molar-refractivity contribution in [3.8, 4) is 5.75 Å². The van der Waals surface area contributed by atoms with E-state index in [4.69, 9.17) is 27.9 Å². The number of ether oxygens (including phenoxy) is 1. The average molecular weight is 410 g/mol. The monoisotopic (exact) mass is 409 g/mol. The lowest BCUT2D eigenvalue weighted by molar-refractivity contribution is 0.0941. The first-order valence-corrected chi connectivity index (χ1v) is 9.79. The van der Waals surface area contributed by atoms with Crippen LogP contribution in [0.3, 0.4) is 0 Å². The van der Waals surface area contributed by atoms with E-state index in [9.17, 15) is 4.79 Å². The van der Waals surface area contributed by atoms with Gasteiger partial charge in [-0.15, -0.1) is 0 Å². The zero-order chi connectivity index (χ0) is 19.6. The number of carbonyl (C=O) groups is 1. The molecule has 146 valence electrons. The number of amides is 1. The zero-order valence-electron chi connectivity index (χ0n) is 15.7. The molecule has 1 amide bonds. The van der Waals surface area contributed by atoms with Crippen molar-refractivity contribution in [3.63, 3.8) is 0 Å². The summed E-state index contributed by atoms with van der Waals surface area (Å²) in [7, 11) is 1.78. The first-order valence-electron chi connectivity index (χ1n) is 9.03. The van der Waals surface area contributed by atoms with Crippen molar-refractivity contribution in [1.82, 2.24) is 15.1 Å². The Morgan fingerprint density at radius 2 is 2.11 bits per heavy atom. The van der Waals surface area contributed by atoms with Crippen LogP contribution in [0, 0.1) is 0 Å². The number of unbranched alkanes of at least 4 members (excludes halogenated alkanes) is 2. The van der Waals surface area contributed by atoms with Gasteiger partial charge in [-0.1, -0.05) is 48.3 Å². The summed E-state index contributed by atoms with van der Waals surface area (Å²) in [5.41, 5.74) is 2.45. The summed E-state index contributed by atoms with van der Waals surface area (Å²) in [6.45, 7) is 3.07. The van der Waals surface area contributed by atoms with Crippen LogP contribution in [0.15, 0.2) is 40.9 Å². The Hall–Kier alpha value is -1.98. The Morgan fingerprint density at radius 3 is 2.81 bits per heavy atom. The molecule has 0 aliphatic carbocycles. The highest BCUT2D eigenvalue weighted by atomic mass is 35.5. The van der Waals surface area contributed by atoms with Crippen LogP contribution < -0.4 is 10.1 Å². The third kappa shape index (κ3) is 7.27. The molecule has 0 fully saturated rings. The molecule has 2 aromatic rings. The van der Waals surface area contributed by atoms with E-state index in [0.717, 1.165) is 42.7 Å². The van der Waals surface area contributed by atoms with Gasteiger partial charge in [-0.05, 0) is 49.4 Å². The Kier molecular flexibility index (Phi) is 8.69. The molecule has 1 N–H and O–H groups in total. The minimum absolute atomic E-state index is 0.137. The van der Waals surface area contributed by atoms with E-state index in [1.54, 1.807) is 17.8 Å². The van der Waals surface area contributed by atoms with Crippen molar-refractivity contribution in [1.29, 1.82) is 0 Å². The third-order valence-corrected chi connectivity index (χ3v) is 4.35. The standard InChI is InChI=1S/C20H25Cl2N3O2/c1-3-16-13-18(25(2)24-16)20(26)23-14-15-8-7-9-17(12-15)27-11-6-4-5-10-19(21)22/h7-10,12-13H,3-6,11,14H2,1-2H3,(H,23,26). The largest absolute Gasteiger partial charge is 0.494 e. The molecule has 7 heteroatoms. The minimum Gasteiger partial charge on any atom is -0.494 e. The summed E-state index contributed by atoms with van der Waals surface area (Å²) in [6.07, 6.45) is 5.31. The molecule has 0 spiro atoms. The van der Waals surface area contributed by atoms with Crippen molar-refractivity contribution >= 4 is 29.1 Å². The number of nitrogens with one attached hydrogen (secondary N) is 1. The molecular weight excluding hydrogens is 385 g/mol. The van der Waals surface area contributed by atoms with E-state index < -0.39 is 0 Å². The number of aryl methyl sites for hydroxylation is 2. The molecule has 1 aromatic carbocycles. The Morgan fingerprint density at radius 1 is 1.30 bits per heavy atom. The SMILES string of the molecule is CCc1cc(C(=O)NCc2cccc(OCCCCC=C(Cl)Cl)c2)n(C)n1. The number of nitrogens with zero attached hydrogens (tertiary/aromatic N) is 2. The van der Waals surface area contributed by atoms with Gasteiger partial charge < -0.3 is 10.1 Å². The lowest BCUT2D eigenvalue weighted by Gasteiger charge is -2.09. The maximum atomic E-state index is 12.3. The number of rotatable bonds is 10. The quantitative estimate of drug-likeness (QED) is 0.574. The Balaban J connectivity index is 1.80. The highest BCUT2D eigenvalue weighted by Crippen LogP contribution is 2.15. The van der Waals surface area contributed by atoms with E-state index in [1.807, 2.05) is 37.3 Å². The van der Waals surface area contributed by atoms with E-state index in [2.05, 4.69) is 10.4 Å². The lowest BCUT2D eigenvalue weighted by Crippen LogP contribution is -2.25. The van der Waals surface area contributed by atoms with Crippen molar-refractivity contribution in [2.24, 2.45) is 7.05 Å². The molecule has 0 unspecified atom stereocenters. The third-order valence-electron chi connectivity index (χ3n) is 4.04. The van der Waals surface area contributed by atoms with Crippen LogP contribution in [-0.2, 0) is 20.0 Å². The Labute approximate surface area is 170 Å². The van der Waals surface area contributed by atoms with Gasteiger partial charge in [0.1, 0.15) is 15.9 Å². The molecule has 0 bridgehead atoms. The van der Waals surface area contributed by atoms with Gasteiger partial charge in [0.2, 0.25) is 0 Å². The summed E-state index contributed by atoms with van der Waals surface area (Å²) in [6, 6.07) is 9.56. The van der Waals surface area contributed by atoms with Gasteiger partial charge in [0.05, 0.1) is 12.3 Å². The van der Waals surface area contributed by atoms with Gasteiger partial charge in [0.15, 0.2) is 0 Å². The first kappa shape index (κ1) is 21.3. The fraction of sp³-hybridized carbons (Fsp3) is 0.400. The van der Waals surface area contributed by atoms with Crippen LogP contribution in [0.1, 0.15) is 47.9 Å². The summed E-state index contributed by atoms with van der Waals surface area (Å²) >= 11 is 11.1. The molecule has 0 saturated carbocycles. The molecule has 0 radical (unpaired) electrons. The minimum atomic E-state index is -0.137. The number of halogens is 2. The summed E-state index contributed by atoms with van der Waals surface area (Å²) in [5, 5.41) is 7.23. The number of carbonyl (C=O) groups excluding carboxylic acids is 1. The van der Waals surface area contributed by atoms with E-state index in [-0.39, 0.29) is 5.91 Å². The predicted molar refractivity (Wildman–Crippen MR) is 109 cm³/mol. The van der Waals surface area contributed by atoms with Crippen LogP contribution in [-0.4, -0.2) is 22.3 Å². The maximum absolute atomic E-state index is 12.3. The molecule has 0 atom stereocenters. The number of aromatic nitrogens is 2. The number of allylic oxidation sites excluding steroid dienone is 1. The first-order chi connectivity index (χ1) is 13.0. The fourth-order valence-electron chi connectivity index (χ4n) is 2.58. The molecule has 0 aliphatic heterocycles.